The molecule has 0 radical (unpaired) electrons. The molecule has 128 valence electrons. The van der Waals surface area contributed by atoms with Gasteiger partial charge in [0.25, 0.3) is 0 Å². The average molecular weight is 347 g/mol. The molecule has 4 nitrogen and oxygen atoms in total. The van der Waals surface area contributed by atoms with Gasteiger partial charge in [0.05, 0.1) is 0 Å². The summed E-state index contributed by atoms with van der Waals surface area (Å²) >= 11 is 0. The molecule has 1 atom stereocenters. The summed E-state index contributed by atoms with van der Waals surface area (Å²) in [6.45, 7) is 7.83. The van der Waals surface area contributed by atoms with E-state index in [4.69, 9.17) is 9.26 Å². The SMILES string of the molecule is CCC(CC)(Oc1c(C)cccc1C)[P+](=O)Oc1cccc(O)c1. The predicted octanol–water partition coefficient (Wildman–Crippen LogP) is 5.73. The number of rotatable bonds is 7. The quantitative estimate of drug-likeness (QED) is 0.650. The number of para-hydroxylation sites is 1. The van der Waals surface area contributed by atoms with Gasteiger partial charge >= 0.3 is 13.4 Å². The van der Waals surface area contributed by atoms with Crippen molar-refractivity contribution in [2.75, 3.05) is 0 Å². The maximum absolute atomic E-state index is 13.0. The summed E-state index contributed by atoms with van der Waals surface area (Å²) in [6.07, 6.45) is 1.09. The molecular formula is C19H24O4P+. The number of phenols is 1. The van der Waals surface area contributed by atoms with Crippen LogP contribution < -0.4 is 9.26 Å². The van der Waals surface area contributed by atoms with Crippen LogP contribution in [0.25, 0.3) is 0 Å². The number of hydrogen-bond acceptors (Lipinski definition) is 4. The first-order valence-electron chi connectivity index (χ1n) is 8.11. The maximum atomic E-state index is 13.0. The van der Waals surface area contributed by atoms with Gasteiger partial charge in [-0.3, -0.25) is 4.52 Å². The Morgan fingerprint density at radius 2 is 1.62 bits per heavy atom. The van der Waals surface area contributed by atoms with Gasteiger partial charge in [0.15, 0.2) is 5.75 Å². The Morgan fingerprint density at radius 3 is 2.17 bits per heavy atom. The molecule has 2 aromatic carbocycles. The van der Waals surface area contributed by atoms with E-state index in [1.54, 1.807) is 18.2 Å². The van der Waals surface area contributed by atoms with E-state index in [1.165, 1.54) is 6.07 Å². The maximum Gasteiger partial charge on any atom is 0.604 e. The van der Waals surface area contributed by atoms with E-state index in [0.717, 1.165) is 16.9 Å². The first-order valence-corrected chi connectivity index (χ1v) is 9.29. The van der Waals surface area contributed by atoms with Gasteiger partial charge < -0.3 is 9.84 Å². The summed E-state index contributed by atoms with van der Waals surface area (Å²) in [6, 6.07) is 12.2. The van der Waals surface area contributed by atoms with E-state index < -0.39 is 13.4 Å². The van der Waals surface area contributed by atoms with Crippen LogP contribution in [0.1, 0.15) is 37.8 Å². The molecule has 0 aliphatic heterocycles. The van der Waals surface area contributed by atoms with Crippen molar-refractivity contribution in [1.29, 1.82) is 0 Å². The monoisotopic (exact) mass is 347 g/mol. The number of benzene rings is 2. The highest BCUT2D eigenvalue weighted by molar-refractivity contribution is 7.41. The summed E-state index contributed by atoms with van der Waals surface area (Å²) in [4.78, 5) is 0. The van der Waals surface area contributed by atoms with Crippen molar-refractivity contribution in [3.8, 4) is 17.2 Å². The minimum absolute atomic E-state index is 0.0742. The molecule has 24 heavy (non-hydrogen) atoms. The van der Waals surface area contributed by atoms with Crippen molar-refractivity contribution in [2.24, 2.45) is 0 Å². The van der Waals surface area contributed by atoms with E-state index in [2.05, 4.69) is 0 Å². The molecule has 0 aromatic heterocycles. The van der Waals surface area contributed by atoms with Gasteiger partial charge in [-0.25, -0.2) is 0 Å². The molecule has 0 aliphatic carbocycles. The summed E-state index contributed by atoms with van der Waals surface area (Å²) in [7, 11) is -2.15. The summed E-state index contributed by atoms with van der Waals surface area (Å²) in [5.41, 5.74) is 2.00. The highest BCUT2D eigenvalue weighted by Crippen LogP contribution is 2.48. The van der Waals surface area contributed by atoms with E-state index in [1.807, 2.05) is 45.9 Å². The van der Waals surface area contributed by atoms with Gasteiger partial charge in [0, 0.05) is 18.9 Å². The van der Waals surface area contributed by atoms with E-state index in [-0.39, 0.29) is 5.75 Å². The second-order valence-corrected chi connectivity index (χ2v) is 7.33. The largest absolute Gasteiger partial charge is 0.604 e. The second kappa shape index (κ2) is 7.67. The molecule has 0 fully saturated rings. The van der Waals surface area contributed by atoms with Crippen molar-refractivity contribution in [3.63, 3.8) is 0 Å². The van der Waals surface area contributed by atoms with E-state index >= 15 is 0 Å². The lowest BCUT2D eigenvalue weighted by atomic mass is 10.1. The summed E-state index contributed by atoms with van der Waals surface area (Å²) in [5.74, 6) is 1.20. The van der Waals surface area contributed by atoms with Crippen molar-refractivity contribution >= 4 is 8.03 Å². The molecule has 0 saturated heterocycles. The van der Waals surface area contributed by atoms with Gasteiger partial charge in [-0.2, -0.15) is 0 Å². The Bertz CT molecular complexity index is 703. The molecule has 0 aliphatic rings. The van der Waals surface area contributed by atoms with Crippen LogP contribution in [0.15, 0.2) is 42.5 Å². The van der Waals surface area contributed by atoms with Crippen LogP contribution in [0.3, 0.4) is 0 Å². The van der Waals surface area contributed by atoms with Crippen molar-refractivity contribution < 1.29 is 18.9 Å². The third-order valence-electron chi connectivity index (χ3n) is 4.14. The van der Waals surface area contributed by atoms with Crippen molar-refractivity contribution in [2.45, 2.75) is 45.9 Å². The van der Waals surface area contributed by atoms with Crippen LogP contribution in [-0.4, -0.2) is 10.4 Å². The molecule has 1 unspecified atom stereocenters. The lowest BCUT2D eigenvalue weighted by Gasteiger charge is -2.23. The smallest absolute Gasteiger partial charge is 0.508 e. The van der Waals surface area contributed by atoms with Gasteiger partial charge in [-0.05, 0) is 41.7 Å². The Kier molecular flexibility index (Phi) is 5.84. The predicted molar refractivity (Wildman–Crippen MR) is 96.2 cm³/mol. The Hall–Kier alpha value is -2.06. The average Bonchev–Trinajstić information content (AvgIpc) is 2.55. The van der Waals surface area contributed by atoms with Gasteiger partial charge in [-0.15, -0.1) is 0 Å². The van der Waals surface area contributed by atoms with Gasteiger partial charge in [0.2, 0.25) is 0 Å². The topological polar surface area (TPSA) is 55.8 Å². The Balaban J connectivity index is 2.31. The van der Waals surface area contributed by atoms with Crippen LogP contribution in [0, 0.1) is 13.8 Å². The molecule has 2 rings (SSSR count). The molecule has 0 heterocycles. The number of phenolic OH excluding ortho intramolecular Hbond substituents is 1. The van der Waals surface area contributed by atoms with E-state index in [0.29, 0.717) is 18.6 Å². The molecule has 0 amide bonds. The van der Waals surface area contributed by atoms with E-state index in [9.17, 15) is 9.67 Å². The van der Waals surface area contributed by atoms with Gasteiger partial charge in [0.1, 0.15) is 11.5 Å². The first-order chi connectivity index (χ1) is 11.4. The highest BCUT2D eigenvalue weighted by atomic mass is 31.1. The van der Waals surface area contributed by atoms with Crippen LogP contribution in [0.2, 0.25) is 0 Å². The number of hydrogen-bond donors (Lipinski definition) is 1. The molecule has 1 N–H and O–H groups in total. The Morgan fingerprint density at radius 1 is 1.04 bits per heavy atom. The number of ether oxygens (including phenoxy) is 1. The molecule has 5 heteroatoms. The fourth-order valence-electron chi connectivity index (χ4n) is 2.56. The van der Waals surface area contributed by atoms with Crippen LogP contribution in [0.5, 0.6) is 17.2 Å². The first kappa shape index (κ1) is 18.3. The standard InChI is InChI=1S/C19H23O4P/c1-5-19(6-2,22-18-14(3)9-7-10-15(18)4)24(21)23-17-12-8-11-16(20)13-17/h7-13H,5-6H2,1-4H3/p+1. The minimum Gasteiger partial charge on any atom is -0.508 e. The third-order valence-corrected chi connectivity index (χ3v) is 5.91. The number of aromatic hydroxyl groups is 1. The lowest BCUT2D eigenvalue weighted by Crippen LogP contribution is -2.32. The molecular weight excluding hydrogens is 323 g/mol. The fourth-order valence-corrected chi connectivity index (χ4v) is 3.71. The van der Waals surface area contributed by atoms with Crippen LogP contribution in [0.4, 0.5) is 0 Å². The van der Waals surface area contributed by atoms with Gasteiger partial charge in [-0.1, -0.05) is 38.1 Å². The third kappa shape index (κ3) is 3.88. The zero-order valence-corrected chi connectivity index (χ0v) is 15.5. The Labute approximate surface area is 144 Å². The molecule has 2 aromatic rings. The summed E-state index contributed by atoms with van der Waals surface area (Å²) < 4.78 is 24.8. The number of aryl methyl sites for hydroxylation is 2. The zero-order valence-electron chi connectivity index (χ0n) is 14.6. The zero-order chi connectivity index (χ0) is 17.7. The highest BCUT2D eigenvalue weighted by Gasteiger charge is 2.52. The summed E-state index contributed by atoms with van der Waals surface area (Å²) in [5, 5.41) is 8.63. The second-order valence-electron chi connectivity index (χ2n) is 5.82. The van der Waals surface area contributed by atoms with Crippen molar-refractivity contribution in [3.05, 3.63) is 53.6 Å². The minimum atomic E-state index is -2.15. The van der Waals surface area contributed by atoms with Crippen molar-refractivity contribution in [1.82, 2.24) is 0 Å². The van der Waals surface area contributed by atoms with Crippen LogP contribution in [-0.2, 0) is 4.57 Å². The van der Waals surface area contributed by atoms with Crippen LogP contribution >= 0.6 is 8.03 Å². The normalized spacial score (nSPS) is 11.9. The molecule has 0 bridgehead atoms. The lowest BCUT2D eigenvalue weighted by molar-refractivity contribution is 0.133. The molecule has 0 spiro atoms. The fraction of sp³-hybridized carbons (Fsp3) is 0.368. The molecule has 0 saturated carbocycles.